The van der Waals surface area contributed by atoms with E-state index in [-0.39, 0.29) is 0 Å². The monoisotopic (exact) mass is 276 g/mol. The molecule has 1 heterocycles. The van der Waals surface area contributed by atoms with Gasteiger partial charge in [0.2, 0.25) is 0 Å². The summed E-state index contributed by atoms with van der Waals surface area (Å²) in [6.45, 7) is 1.13. The van der Waals surface area contributed by atoms with Crippen LogP contribution >= 0.6 is 11.3 Å². The highest BCUT2D eigenvalue weighted by atomic mass is 32.1. The fraction of sp³-hybridized carbons (Fsp3) is 0.400. The Bertz CT molecular complexity index is 598. The SMILES string of the molecule is O=C(O)c1sc2ccccc2c1COCCC1CC1. The second-order valence-corrected chi connectivity index (χ2v) is 6.05. The first kappa shape index (κ1) is 12.6. The fourth-order valence-electron chi connectivity index (χ4n) is 2.25. The highest BCUT2D eigenvalue weighted by Crippen LogP contribution is 2.33. The minimum atomic E-state index is -0.859. The molecule has 1 fully saturated rings. The normalized spacial score (nSPS) is 14.9. The summed E-state index contributed by atoms with van der Waals surface area (Å²) in [4.78, 5) is 11.7. The van der Waals surface area contributed by atoms with Crippen molar-refractivity contribution in [2.75, 3.05) is 6.61 Å². The van der Waals surface area contributed by atoms with E-state index < -0.39 is 5.97 Å². The lowest BCUT2D eigenvalue weighted by atomic mass is 10.1. The average molecular weight is 276 g/mol. The van der Waals surface area contributed by atoms with E-state index in [4.69, 9.17) is 4.74 Å². The first-order valence-corrected chi connectivity index (χ1v) is 7.39. The maximum absolute atomic E-state index is 11.3. The van der Waals surface area contributed by atoms with Crippen molar-refractivity contribution in [2.45, 2.75) is 25.9 Å². The predicted molar refractivity (Wildman–Crippen MR) is 75.8 cm³/mol. The Hall–Kier alpha value is -1.39. The van der Waals surface area contributed by atoms with Crippen molar-refractivity contribution in [1.82, 2.24) is 0 Å². The van der Waals surface area contributed by atoms with Gasteiger partial charge in [-0.15, -0.1) is 11.3 Å². The van der Waals surface area contributed by atoms with E-state index >= 15 is 0 Å². The number of hydrogen-bond donors (Lipinski definition) is 1. The predicted octanol–water partition coefficient (Wildman–Crippen LogP) is 3.92. The lowest BCUT2D eigenvalue weighted by Gasteiger charge is -2.04. The molecule has 0 atom stereocenters. The lowest BCUT2D eigenvalue weighted by Crippen LogP contribution is -2.02. The van der Waals surface area contributed by atoms with E-state index in [0.717, 1.165) is 34.6 Å². The van der Waals surface area contributed by atoms with Crippen LogP contribution in [0.15, 0.2) is 24.3 Å². The van der Waals surface area contributed by atoms with Gasteiger partial charge in [0, 0.05) is 16.9 Å². The lowest BCUT2D eigenvalue weighted by molar-refractivity contribution is 0.0693. The molecule has 2 aromatic rings. The van der Waals surface area contributed by atoms with Crippen molar-refractivity contribution < 1.29 is 14.6 Å². The maximum Gasteiger partial charge on any atom is 0.346 e. The van der Waals surface area contributed by atoms with Crippen LogP contribution in [0.1, 0.15) is 34.5 Å². The molecule has 1 saturated carbocycles. The molecule has 0 aliphatic heterocycles. The Balaban J connectivity index is 1.78. The molecule has 100 valence electrons. The van der Waals surface area contributed by atoms with Crippen LogP contribution in [-0.4, -0.2) is 17.7 Å². The first-order valence-electron chi connectivity index (χ1n) is 6.57. The molecule has 1 aliphatic rings. The summed E-state index contributed by atoms with van der Waals surface area (Å²) in [6, 6.07) is 7.80. The Morgan fingerprint density at radius 3 is 2.89 bits per heavy atom. The van der Waals surface area contributed by atoms with Gasteiger partial charge in [0.05, 0.1) is 6.61 Å². The van der Waals surface area contributed by atoms with Gasteiger partial charge in [0.15, 0.2) is 0 Å². The Kier molecular flexibility index (Phi) is 3.53. The summed E-state index contributed by atoms with van der Waals surface area (Å²) in [6.07, 6.45) is 3.75. The third-order valence-corrected chi connectivity index (χ3v) is 4.71. The van der Waals surface area contributed by atoms with E-state index in [2.05, 4.69) is 0 Å². The number of benzene rings is 1. The number of thiophene rings is 1. The van der Waals surface area contributed by atoms with Gasteiger partial charge >= 0.3 is 5.97 Å². The largest absolute Gasteiger partial charge is 0.477 e. The molecule has 0 spiro atoms. The van der Waals surface area contributed by atoms with Crippen molar-refractivity contribution in [1.29, 1.82) is 0 Å². The third kappa shape index (κ3) is 2.80. The number of carboxylic acids is 1. The van der Waals surface area contributed by atoms with Crippen LogP contribution in [0.2, 0.25) is 0 Å². The van der Waals surface area contributed by atoms with Gasteiger partial charge in [-0.3, -0.25) is 0 Å². The van der Waals surface area contributed by atoms with Gasteiger partial charge in [-0.1, -0.05) is 31.0 Å². The Labute approximate surface area is 115 Å². The minimum absolute atomic E-state index is 0.401. The highest BCUT2D eigenvalue weighted by Gasteiger charge is 2.21. The molecular weight excluding hydrogens is 260 g/mol. The first-order chi connectivity index (χ1) is 9.25. The van der Waals surface area contributed by atoms with Crippen molar-refractivity contribution in [3.05, 3.63) is 34.7 Å². The zero-order valence-corrected chi connectivity index (χ0v) is 11.4. The van der Waals surface area contributed by atoms with Gasteiger partial charge in [0.1, 0.15) is 4.88 Å². The molecule has 19 heavy (non-hydrogen) atoms. The van der Waals surface area contributed by atoms with Gasteiger partial charge in [0.25, 0.3) is 0 Å². The molecule has 0 radical (unpaired) electrons. The average Bonchev–Trinajstić information content (AvgIpc) is 3.15. The zero-order chi connectivity index (χ0) is 13.2. The summed E-state index contributed by atoms with van der Waals surface area (Å²) >= 11 is 1.33. The van der Waals surface area contributed by atoms with Crippen molar-refractivity contribution in [2.24, 2.45) is 5.92 Å². The van der Waals surface area contributed by atoms with Gasteiger partial charge in [-0.2, -0.15) is 0 Å². The van der Waals surface area contributed by atoms with Crippen LogP contribution in [0.3, 0.4) is 0 Å². The maximum atomic E-state index is 11.3. The molecule has 0 bridgehead atoms. The van der Waals surface area contributed by atoms with Crippen LogP contribution in [0, 0.1) is 5.92 Å². The van der Waals surface area contributed by atoms with Gasteiger partial charge < -0.3 is 9.84 Å². The molecule has 0 saturated heterocycles. The number of hydrogen-bond acceptors (Lipinski definition) is 3. The summed E-state index contributed by atoms with van der Waals surface area (Å²) < 4.78 is 6.69. The van der Waals surface area contributed by atoms with Gasteiger partial charge in [-0.05, 0) is 23.8 Å². The Morgan fingerprint density at radius 1 is 1.37 bits per heavy atom. The Morgan fingerprint density at radius 2 is 2.16 bits per heavy atom. The zero-order valence-electron chi connectivity index (χ0n) is 10.6. The fourth-order valence-corrected chi connectivity index (χ4v) is 3.29. The van der Waals surface area contributed by atoms with E-state index in [0.29, 0.717) is 11.5 Å². The molecule has 0 unspecified atom stereocenters. The molecule has 3 nitrogen and oxygen atoms in total. The van der Waals surface area contributed by atoms with E-state index in [1.54, 1.807) is 0 Å². The van der Waals surface area contributed by atoms with E-state index in [1.807, 2.05) is 24.3 Å². The second kappa shape index (κ2) is 5.31. The molecule has 0 amide bonds. The van der Waals surface area contributed by atoms with Crippen LogP contribution in [-0.2, 0) is 11.3 Å². The molecule has 3 rings (SSSR count). The number of carboxylic acid groups (broad SMARTS) is 1. The third-order valence-electron chi connectivity index (χ3n) is 3.51. The topological polar surface area (TPSA) is 46.5 Å². The molecule has 4 heteroatoms. The van der Waals surface area contributed by atoms with Crippen molar-refractivity contribution >= 4 is 27.4 Å². The van der Waals surface area contributed by atoms with E-state index in [1.165, 1.54) is 24.2 Å². The number of rotatable bonds is 6. The summed E-state index contributed by atoms with van der Waals surface area (Å²) in [5.41, 5.74) is 0.823. The number of ether oxygens (including phenoxy) is 1. The van der Waals surface area contributed by atoms with Crippen LogP contribution in [0.5, 0.6) is 0 Å². The number of aromatic carboxylic acids is 1. The van der Waals surface area contributed by atoms with Crippen LogP contribution < -0.4 is 0 Å². The van der Waals surface area contributed by atoms with Crippen molar-refractivity contribution in [3.63, 3.8) is 0 Å². The highest BCUT2D eigenvalue weighted by molar-refractivity contribution is 7.21. The van der Waals surface area contributed by atoms with Gasteiger partial charge in [-0.25, -0.2) is 4.79 Å². The smallest absolute Gasteiger partial charge is 0.346 e. The quantitative estimate of drug-likeness (QED) is 0.813. The summed E-state index contributed by atoms with van der Waals surface area (Å²) in [5, 5.41) is 10.3. The number of fused-ring (bicyclic) bond motifs is 1. The van der Waals surface area contributed by atoms with Crippen LogP contribution in [0.4, 0.5) is 0 Å². The summed E-state index contributed by atoms with van der Waals surface area (Å²) in [7, 11) is 0. The van der Waals surface area contributed by atoms with Crippen molar-refractivity contribution in [3.8, 4) is 0 Å². The summed E-state index contributed by atoms with van der Waals surface area (Å²) in [5.74, 6) is -0.0137. The number of carbonyl (C=O) groups is 1. The van der Waals surface area contributed by atoms with E-state index in [9.17, 15) is 9.90 Å². The standard InChI is InChI=1S/C15H16O3S/c16-15(17)14-12(9-18-8-7-10-5-6-10)11-3-1-2-4-13(11)19-14/h1-4,10H,5-9H2,(H,16,17). The molecule has 1 aromatic carbocycles. The molecule has 1 N–H and O–H groups in total. The molecule has 1 aliphatic carbocycles. The molecular formula is C15H16O3S. The van der Waals surface area contributed by atoms with Crippen LogP contribution in [0.25, 0.3) is 10.1 Å². The molecule has 1 aromatic heterocycles. The minimum Gasteiger partial charge on any atom is -0.477 e. The second-order valence-electron chi connectivity index (χ2n) is 5.00.